The third-order valence-corrected chi connectivity index (χ3v) is 6.76. The predicted molar refractivity (Wildman–Crippen MR) is 126 cm³/mol. The first-order valence-electron chi connectivity index (χ1n) is 11.7. The van der Waals surface area contributed by atoms with Gasteiger partial charge in [-0.15, -0.1) is 0 Å². The number of alkyl halides is 9. The Hall–Kier alpha value is -3.82. The van der Waals surface area contributed by atoms with Gasteiger partial charge in [0.25, 0.3) is 11.5 Å². The molecule has 3 amide bonds. The van der Waals surface area contributed by atoms with Crippen molar-refractivity contribution in [1.82, 2.24) is 9.80 Å². The fraction of sp³-hybridized carbons (Fsp3) is 0.360. The lowest BCUT2D eigenvalue weighted by Gasteiger charge is -2.33. The number of oxime groups is 1. The first kappa shape index (κ1) is 31.1. The van der Waals surface area contributed by atoms with Gasteiger partial charge in [0.05, 0.1) is 11.3 Å². The first-order chi connectivity index (χ1) is 19.2. The fourth-order valence-corrected chi connectivity index (χ4v) is 4.73. The lowest BCUT2D eigenvalue weighted by molar-refractivity contribution is -0.276. The monoisotopic (exact) mass is 629 g/mol. The molecule has 0 aliphatic carbocycles. The molecule has 1 atom stereocenters. The number of hydrogen-bond acceptors (Lipinski definition) is 5. The van der Waals surface area contributed by atoms with Gasteiger partial charge in [-0.25, -0.2) is 0 Å². The minimum absolute atomic E-state index is 0.00963. The number of aryl methyl sites for hydroxylation is 1. The van der Waals surface area contributed by atoms with Crippen LogP contribution in [0.25, 0.3) is 0 Å². The van der Waals surface area contributed by atoms with Crippen molar-refractivity contribution < 1.29 is 58.7 Å². The Labute approximate surface area is 235 Å². The third kappa shape index (κ3) is 6.03. The van der Waals surface area contributed by atoms with E-state index in [2.05, 4.69) is 5.16 Å². The highest BCUT2D eigenvalue weighted by Crippen LogP contribution is 2.50. The molecular weight excluding hydrogens is 613 g/mol. The van der Waals surface area contributed by atoms with Gasteiger partial charge < -0.3 is 9.74 Å². The molecular formula is C25H17ClF9N3O4. The molecule has 2 aromatic carbocycles. The molecule has 2 aliphatic rings. The molecule has 0 aromatic heterocycles. The molecule has 0 spiro atoms. The average molecular weight is 630 g/mol. The Kier molecular flexibility index (Phi) is 7.76. The van der Waals surface area contributed by atoms with Crippen molar-refractivity contribution >= 4 is 35.0 Å². The van der Waals surface area contributed by atoms with Gasteiger partial charge in [-0.05, 0) is 48.4 Å². The van der Waals surface area contributed by atoms with Crippen LogP contribution in [0.15, 0.2) is 41.6 Å². The number of piperazine rings is 1. The zero-order valence-electron chi connectivity index (χ0n) is 21.0. The van der Waals surface area contributed by atoms with E-state index in [1.165, 1.54) is 13.0 Å². The maximum absolute atomic E-state index is 14.3. The van der Waals surface area contributed by atoms with Crippen LogP contribution in [0.3, 0.4) is 0 Å². The molecule has 0 N–H and O–H groups in total. The van der Waals surface area contributed by atoms with Gasteiger partial charge in [0.1, 0.15) is 19.6 Å². The van der Waals surface area contributed by atoms with E-state index in [4.69, 9.17) is 16.4 Å². The standard InChI is InChI=1S/C25H17ClF9N3O4/c1-12-4-13(2-3-17(12)21(41)37-9-19(39)38(20(40)10-37)11-23(27,28)29)18-8-22(42-36-18,25(33,34)35)14-5-15(24(30,31)32)7-16(26)6-14/h2-7H,8-11H2,1H3. The summed E-state index contributed by atoms with van der Waals surface area (Å²) >= 11 is 5.70. The number of imide groups is 1. The summed E-state index contributed by atoms with van der Waals surface area (Å²) < 4.78 is 121. The van der Waals surface area contributed by atoms with Crippen LogP contribution in [0.5, 0.6) is 0 Å². The SMILES string of the molecule is Cc1cc(C2=NOC(c3cc(Cl)cc(C(F)(F)F)c3)(C(F)(F)F)C2)ccc1C(=O)N1CC(=O)N(CC(F)(F)F)C(=O)C1. The molecule has 1 saturated heterocycles. The van der Waals surface area contributed by atoms with Crippen molar-refractivity contribution in [3.8, 4) is 0 Å². The van der Waals surface area contributed by atoms with Crippen LogP contribution in [0.1, 0.15) is 39.0 Å². The smallest absolute Gasteiger partial charge is 0.374 e. The molecule has 0 radical (unpaired) electrons. The van der Waals surface area contributed by atoms with E-state index in [0.717, 1.165) is 17.0 Å². The van der Waals surface area contributed by atoms with Crippen molar-refractivity contribution in [3.63, 3.8) is 0 Å². The maximum Gasteiger partial charge on any atom is 0.435 e. The minimum atomic E-state index is -5.25. The summed E-state index contributed by atoms with van der Waals surface area (Å²) in [7, 11) is 0. The lowest BCUT2D eigenvalue weighted by Crippen LogP contribution is -2.57. The van der Waals surface area contributed by atoms with Crippen LogP contribution in [-0.2, 0) is 26.2 Å². The molecule has 7 nitrogen and oxygen atoms in total. The molecule has 42 heavy (non-hydrogen) atoms. The molecule has 2 heterocycles. The quantitative estimate of drug-likeness (QED) is 0.325. The Morgan fingerprint density at radius 2 is 1.60 bits per heavy atom. The highest BCUT2D eigenvalue weighted by Gasteiger charge is 2.62. The van der Waals surface area contributed by atoms with Crippen LogP contribution < -0.4 is 0 Å². The normalized spacial score (nSPS) is 20.1. The van der Waals surface area contributed by atoms with Gasteiger partial charge in [0, 0.05) is 22.6 Å². The number of halogens is 10. The molecule has 1 fully saturated rings. The van der Waals surface area contributed by atoms with Gasteiger partial charge in [-0.1, -0.05) is 22.8 Å². The highest BCUT2D eigenvalue weighted by atomic mass is 35.5. The highest BCUT2D eigenvalue weighted by molar-refractivity contribution is 6.30. The van der Waals surface area contributed by atoms with Gasteiger partial charge in [0.15, 0.2) is 0 Å². The van der Waals surface area contributed by atoms with E-state index in [-0.39, 0.29) is 33.4 Å². The molecule has 0 bridgehead atoms. The van der Waals surface area contributed by atoms with E-state index >= 15 is 0 Å². The molecule has 0 saturated carbocycles. The largest absolute Gasteiger partial charge is 0.435 e. The first-order valence-corrected chi connectivity index (χ1v) is 12.1. The molecule has 4 rings (SSSR count). The zero-order valence-corrected chi connectivity index (χ0v) is 21.8. The Bertz CT molecular complexity index is 1470. The predicted octanol–water partition coefficient (Wildman–Crippen LogP) is 5.62. The second-order valence-electron chi connectivity index (χ2n) is 9.54. The number of rotatable bonds is 4. The van der Waals surface area contributed by atoms with Crippen molar-refractivity contribution in [2.24, 2.45) is 5.16 Å². The van der Waals surface area contributed by atoms with Crippen LogP contribution in [0, 0.1) is 6.92 Å². The Balaban J connectivity index is 1.58. The van der Waals surface area contributed by atoms with Gasteiger partial charge in [0.2, 0.25) is 11.8 Å². The summed E-state index contributed by atoms with van der Waals surface area (Å²) in [6, 6.07) is 4.94. The van der Waals surface area contributed by atoms with Crippen LogP contribution in [0.4, 0.5) is 39.5 Å². The third-order valence-electron chi connectivity index (χ3n) is 6.55. The van der Waals surface area contributed by atoms with Crippen molar-refractivity contribution in [2.75, 3.05) is 19.6 Å². The number of amides is 3. The van der Waals surface area contributed by atoms with E-state index in [0.29, 0.717) is 12.1 Å². The topological polar surface area (TPSA) is 79.3 Å². The van der Waals surface area contributed by atoms with Crippen molar-refractivity contribution in [2.45, 2.75) is 37.5 Å². The summed E-state index contributed by atoms with van der Waals surface area (Å²) in [6.45, 7) is -2.09. The zero-order chi connectivity index (χ0) is 31.4. The Morgan fingerprint density at radius 3 is 2.12 bits per heavy atom. The van der Waals surface area contributed by atoms with Crippen LogP contribution in [-0.4, -0.2) is 65.2 Å². The summed E-state index contributed by atoms with van der Waals surface area (Å²) in [6.07, 6.45) is -16.1. The summed E-state index contributed by atoms with van der Waals surface area (Å²) in [5.41, 5.74) is -5.98. The lowest BCUT2D eigenvalue weighted by atomic mass is 9.85. The molecule has 17 heteroatoms. The fourth-order valence-electron chi connectivity index (χ4n) is 4.49. The Morgan fingerprint density at radius 1 is 0.976 bits per heavy atom. The number of benzene rings is 2. The number of carbonyl (C=O) groups is 3. The molecule has 2 aliphatic heterocycles. The van der Waals surface area contributed by atoms with Gasteiger partial charge >= 0.3 is 18.5 Å². The van der Waals surface area contributed by atoms with Gasteiger partial charge in [-0.3, -0.25) is 19.3 Å². The maximum atomic E-state index is 14.3. The average Bonchev–Trinajstić information content (AvgIpc) is 3.31. The number of nitrogens with zero attached hydrogens (tertiary/aromatic N) is 3. The summed E-state index contributed by atoms with van der Waals surface area (Å²) in [4.78, 5) is 42.7. The minimum Gasteiger partial charge on any atom is -0.374 e. The van der Waals surface area contributed by atoms with Gasteiger partial charge in [-0.2, -0.15) is 39.5 Å². The molecule has 1 unspecified atom stereocenters. The van der Waals surface area contributed by atoms with Crippen molar-refractivity contribution in [3.05, 3.63) is 69.2 Å². The molecule has 2 aromatic rings. The number of hydrogen-bond donors (Lipinski definition) is 0. The van der Waals surface area contributed by atoms with Crippen LogP contribution in [0.2, 0.25) is 5.02 Å². The van der Waals surface area contributed by atoms with E-state index in [1.54, 1.807) is 0 Å². The molecule has 226 valence electrons. The second-order valence-corrected chi connectivity index (χ2v) is 9.97. The second kappa shape index (κ2) is 10.5. The van der Waals surface area contributed by atoms with Crippen molar-refractivity contribution in [1.29, 1.82) is 0 Å². The van der Waals surface area contributed by atoms with E-state index in [9.17, 15) is 53.9 Å². The van der Waals surface area contributed by atoms with E-state index < -0.39 is 84.1 Å². The summed E-state index contributed by atoms with van der Waals surface area (Å²) in [5, 5.41) is 2.86. The number of carbonyl (C=O) groups excluding carboxylic acids is 3. The summed E-state index contributed by atoms with van der Waals surface area (Å²) in [5.74, 6) is -3.40. The van der Waals surface area contributed by atoms with E-state index in [1.807, 2.05) is 0 Å². The van der Waals surface area contributed by atoms with Crippen LogP contribution >= 0.6 is 11.6 Å².